The number of hydrogen-bond donors (Lipinski definition) is 1. The Morgan fingerprint density at radius 1 is 1.18 bits per heavy atom. The molecule has 1 heterocycles. The van der Waals surface area contributed by atoms with Gasteiger partial charge in [-0.1, -0.05) is 29.8 Å². The first-order valence-corrected chi connectivity index (χ1v) is 8.13. The number of nitrogens with zero attached hydrogens (tertiary/aromatic N) is 1. The van der Waals surface area contributed by atoms with Gasteiger partial charge < -0.3 is 5.32 Å². The molecule has 2 aromatic carbocycles. The molecule has 0 spiro atoms. The minimum absolute atomic E-state index is 0.170. The molecule has 3 nitrogen and oxygen atoms in total. The van der Waals surface area contributed by atoms with E-state index in [-0.39, 0.29) is 5.91 Å². The third kappa shape index (κ3) is 3.08. The maximum atomic E-state index is 12.5. The summed E-state index contributed by atoms with van der Waals surface area (Å²) in [5, 5.41) is 4.55. The summed E-state index contributed by atoms with van der Waals surface area (Å²) in [5.41, 5.74) is 3.00. The zero-order valence-electron chi connectivity index (χ0n) is 11.7. The molecule has 3 rings (SSSR count). The second-order valence-electron chi connectivity index (χ2n) is 4.91. The lowest BCUT2D eigenvalue weighted by Crippen LogP contribution is -2.14. The number of nitrogens with one attached hydrogen (secondary N) is 1. The molecule has 0 unspecified atom stereocenters. The number of halogens is 2. The van der Waals surface area contributed by atoms with Crippen LogP contribution >= 0.6 is 34.2 Å². The van der Waals surface area contributed by atoms with E-state index in [1.165, 1.54) is 0 Å². The minimum atomic E-state index is -0.170. The van der Waals surface area contributed by atoms with E-state index < -0.39 is 0 Å². The van der Waals surface area contributed by atoms with Crippen LogP contribution in [0.5, 0.6) is 0 Å². The fourth-order valence-electron chi connectivity index (χ4n) is 2.21. The molecule has 0 aliphatic heterocycles. The summed E-state index contributed by atoms with van der Waals surface area (Å²) in [4.78, 5) is 17.0. The quantitative estimate of drug-likeness (QED) is 0.587. The normalized spacial score (nSPS) is 10.7. The highest BCUT2D eigenvalue weighted by molar-refractivity contribution is 14.1. The molecule has 110 valence electrons. The van der Waals surface area contributed by atoms with Crippen molar-refractivity contribution in [3.63, 3.8) is 0 Å². The molecule has 0 atom stereocenters. The highest BCUT2D eigenvalue weighted by atomic mass is 127. The molecule has 0 saturated heterocycles. The molecule has 1 amide bonds. The van der Waals surface area contributed by atoms with Crippen molar-refractivity contribution in [1.29, 1.82) is 0 Å². The summed E-state index contributed by atoms with van der Waals surface area (Å²) in [6, 6.07) is 14.9. The maximum absolute atomic E-state index is 12.5. The summed E-state index contributed by atoms with van der Waals surface area (Å²) in [6.45, 7) is 1.93. The Bertz CT molecular complexity index is 880. The van der Waals surface area contributed by atoms with Crippen molar-refractivity contribution in [3.8, 4) is 0 Å². The van der Waals surface area contributed by atoms with Crippen LogP contribution < -0.4 is 5.32 Å². The first kappa shape index (κ1) is 15.2. The summed E-state index contributed by atoms with van der Waals surface area (Å²) in [7, 11) is 0. The first-order chi connectivity index (χ1) is 10.5. The van der Waals surface area contributed by atoms with Crippen molar-refractivity contribution in [1.82, 2.24) is 4.98 Å². The predicted octanol–water partition coefficient (Wildman–Crippen LogP) is 5.05. The lowest BCUT2D eigenvalue weighted by molar-refractivity contribution is 0.102. The van der Waals surface area contributed by atoms with E-state index in [0.29, 0.717) is 16.3 Å². The fraction of sp³-hybridized carbons (Fsp3) is 0.0588. The van der Waals surface area contributed by atoms with Gasteiger partial charge in [0.05, 0.1) is 16.8 Å². The van der Waals surface area contributed by atoms with Gasteiger partial charge in [-0.15, -0.1) is 0 Å². The van der Waals surface area contributed by atoms with Gasteiger partial charge in [0.15, 0.2) is 0 Å². The van der Waals surface area contributed by atoms with Crippen LogP contribution in [-0.4, -0.2) is 10.9 Å². The van der Waals surface area contributed by atoms with Gasteiger partial charge in [-0.3, -0.25) is 9.78 Å². The van der Waals surface area contributed by atoms with Gasteiger partial charge in [0.1, 0.15) is 0 Å². The van der Waals surface area contributed by atoms with E-state index in [4.69, 9.17) is 11.6 Å². The zero-order valence-corrected chi connectivity index (χ0v) is 14.6. The number of rotatable bonds is 2. The van der Waals surface area contributed by atoms with Crippen LogP contribution in [0, 0.1) is 10.5 Å². The van der Waals surface area contributed by atoms with Crippen LogP contribution in [-0.2, 0) is 0 Å². The van der Waals surface area contributed by atoms with Gasteiger partial charge in [-0.2, -0.15) is 0 Å². The van der Waals surface area contributed by atoms with E-state index in [9.17, 15) is 4.79 Å². The summed E-state index contributed by atoms with van der Waals surface area (Å²) in [5.74, 6) is -0.170. The van der Waals surface area contributed by atoms with Crippen molar-refractivity contribution in [2.45, 2.75) is 6.92 Å². The Hall–Kier alpha value is -1.66. The maximum Gasteiger partial charge on any atom is 0.256 e. The number of carbonyl (C=O) groups is 1. The molecule has 1 aromatic heterocycles. The Labute approximate surface area is 146 Å². The number of carbonyl (C=O) groups excluding carboxylic acids is 1. The smallest absolute Gasteiger partial charge is 0.256 e. The van der Waals surface area contributed by atoms with Gasteiger partial charge >= 0.3 is 0 Å². The molecule has 1 N–H and O–H groups in total. The minimum Gasteiger partial charge on any atom is -0.320 e. The molecule has 22 heavy (non-hydrogen) atoms. The van der Waals surface area contributed by atoms with E-state index in [2.05, 4.69) is 32.9 Å². The van der Waals surface area contributed by atoms with E-state index >= 15 is 0 Å². The standard InChI is InChI=1S/C17H12ClIN2O/c1-10-5-6-11-3-2-4-15(16(11)20-10)21-17(22)13-8-7-12(18)9-14(13)19/h2-9H,1H3,(H,21,22). The molecule has 5 heteroatoms. The number of hydrogen-bond acceptors (Lipinski definition) is 2. The van der Waals surface area contributed by atoms with Crippen LogP contribution in [0.15, 0.2) is 48.5 Å². The van der Waals surface area contributed by atoms with Gasteiger partial charge in [-0.05, 0) is 59.8 Å². The zero-order chi connectivity index (χ0) is 15.7. The monoisotopic (exact) mass is 422 g/mol. The first-order valence-electron chi connectivity index (χ1n) is 6.67. The average molecular weight is 423 g/mol. The lowest BCUT2D eigenvalue weighted by atomic mass is 10.1. The van der Waals surface area contributed by atoms with Gasteiger partial charge in [0, 0.05) is 19.7 Å². The third-order valence-electron chi connectivity index (χ3n) is 3.28. The van der Waals surface area contributed by atoms with Crippen LogP contribution in [0.2, 0.25) is 5.02 Å². The largest absolute Gasteiger partial charge is 0.320 e. The Kier molecular flexibility index (Phi) is 4.31. The highest BCUT2D eigenvalue weighted by Gasteiger charge is 2.12. The van der Waals surface area contributed by atoms with Crippen molar-refractivity contribution in [2.24, 2.45) is 0 Å². The van der Waals surface area contributed by atoms with Crippen molar-refractivity contribution < 1.29 is 4.79 Å². The molecule has 0 radical (unpaired) electrons. The molecule has 3 aromatic rings. The Morgan fingerprint density at radius 3 is 2.77 bits per heavy atom. The molecule has 0 aliphatic carbocycles. The number of aryl methyl sites for hydroxylation is 1. The van der Waals surface area contributed by atoms with Gasteiger partial charge in [0.2, 0.25) is 0 Å². The van der Waals surface area contributed by atoms with E-state index in [1.54, 1.807) is 18.2 Å². The van der Waals surface area contributed by atoms with Crippen LogP contribution in [0.25, 0.3) is 10.9 Å². The van der Waals surface area contributed by atoms with E-state index in [1.807, 2.05) is 37.3 Å². The number of fused-ring (bicyclic) bond motifs is 1. The SMILES string of the molecule is Cc1ccc2cccc(NC(=O)c3ccc(Cl)cc3I)c2n1. The number of amides is 1. The third-order valence-corrected chi connectivity index (χ3v) is 4.41. The van der Waals surface area contributed by atoms with Crippen molar-refractivity contribution >= 4 is 56.7 Å². The number of pyridine rings is 1. The molecule has 0 saturated carbocycles. The van der Waals surface area contributed by atoms with Crippen LogP contribution in [0.3, 0.4) is 0 Å². The number of aromatic nitrogens is 1. The molecular formula is C17H12ClIN2O. The summed E-state index contributed by atoms with van der Waals surface area (Å²) < 4.78 is 0.812. The summed E-state index contributed by atoms with van der Waals surface area (Å²) in [6.07, 6.45) is 0. The van der Waals surface area contributed by atoms with Gasteiger partial charge in [0.25, 0.3) is 5.91 Å². The second kappa shape index (κ2) is 6.22. The Morgan fingerprint density at radius 2 is 2.00 bits per heavy atom. The fourth-order valence-corrected chi connectivity index (χ4v) is 3.33. The Balaban J connectivity index is 1.99. The van der Waals surface area contributed by atoms with E-state index in [0.717, 1.165) is 20.2 Å². The number of benzene rings is 2. The number of para-hydroxylation sites is 1. The predicted molar refractivity (Wildman–Crippen MR) is 98.6 cm³/mol. The number of anilines is 1. The molecular weight excluding hydrogens is 411 g/mol. The topological polar surface area (TPSA) is 42.0 Å². The highest BCUT2D eigenvalue weighted by Crippen LogP contribution is 2.24. The van der Waals surface area contributed by atoms with Crippen molar-refractivity contribution in [2.75, 3.05) is 5.32 Å². The second-order valence-corrected chi connectivity index (χ2v) is 6.51. The van der Waals surface area contributed by atoms with Gasteiger partial charge in [-0.25, -0.2) is 0 Å². The molecule has 0 fully saturated rings. The van der Waals surface area contributed by atoms with Crippen LogP contribution in [0.4, 0.5) is 5.69 Å². The lowest BCUT2D eigenvalue weighted by Gasteiger charge is -2.10. The molecule has 0 aliphatic rings. The molecule has 0 bridgehead atoms. The van der Waals surface area contributed by atoms with Crippen LogP contribution in [0.1, 0.15) is 16.1 Å². The average Bonchev–Trinajstić information content (AvgIpc) is 2.47. The summed E-state index contributed by atoms with van der Waals surface area (Å²) >= 11 is 8.04. The van der Waals surface area contributed by atoms with Crippen molar-refractivity contribution in [3.05, 3.63) is 68.4 Å².